The molecule has 1 heterocycles. The standard InChI is InChI=1S/C15H22ClNO/c1-3-5-6-14(17-4-2)13-10-12(16)9-11-7-8-18-15(11)13/h9-10,14,17H,3-8H2,1-2H3. The van der Waals surface area contributed by atoms with E-state index in [1.165, 1.54) is 24.0 Å². The van der Waals surface area contributed by atoms with Gasteiger partial charge >= 0.3 is 0 Å². The maximum atomic E-state index is 6.22. The van der Waals surface area contributed by atoms with Crippen LogP contribution in [-0.2, 0) is 6.42 Å². The smallest absolute Gasteiger partial charge is 0.127 e. The third-order valence-corrected chi connectivity index (χ3v) is 3.67. The van der Waals surface area contributed by atoms with E-state index in [0.29, 0.717) is 6.04 Å². The van der Waals surface area contributed by atoms with Gasteiger partial charge in [-0.15, -0.1) is 0 Å². The van der Waals surface area contributed by atoms with Crippen LogP contribution in [0.4, 0.5) is 0 Å². The van der Waals surface area contributed by atoms with Gasteiger partial charge in [0.05, 0.1) is 6.61 Å². The Morgan fingerprint density at radius 1 is 1.39 bits per heavy atom. The number of ether oxygens (including phenoxy) is 1. The van der Waals surface area contributed by atoms with E-state index >= 15 is 0 Å². The van der Waals surface area contributed by atoms with Gasteiger partial charge in [0, 0.05) is 23.0 Å². The average molecular weight is 268 g/mol. The maximum Gasteiger partial charge on any atom is 0.127 e. The summed E-state index contributed by atoms with van der Waals surface area (Å²) in [4.78, 5) is 0. The third-order valence-electron chi connectivity index (χ3n) is 3.45. The molecule has 18 heavy (non-hydrogen) atoms. The number of benzene rings is 1. The Bertz CT molecular complexity index is 406. The van der Waals surface area contributed by atoms with Gasteiger partial charge in [-0.2, -0.15) is 0 Å². The molecule has 0 saturated carbocycles. The van der Waals surface area contributed by atoms with Crippen LogP contribution < -0.4 is 10.1 Å². The van der Waals surface area contributed by atoms with Crippen molar-refractivity contribution in [3.63, 3.8) is 0 Å². The van der Waals surface area contributed by atoms with Crippen molar-refractivity contribution in [1.82, 2.24) is 5.32 Å². The van der Waals surface area contributed by atoms with Gasteiger partial charge in [-0.25, -0.2) is 0 Å². The van der Waals surface area contributed by atoms with E-state index in [4.69, 9.17) is 16.3 Å². The lowest BCUT2D eigenvalue weighted by atomic mass is 9.97. The Kier molecular flexibility index (Phi) is 4.90. The molecule has 2 nitrogen and oxygen atoms in total. The summed E-state index contributed by atoms with van der Waals surface area (Å²) in [5.74, 6) is 1.07. The predicted octanol–water partition coefficient (Wildman–Crippen LogP) is 4.12. The molecule has 0 spiro atoms. The van der Waals surface area contributed by atoms with Crippen molar-refractivity contribution in [3.05, 3.63) is 28.3 Å². The van der Waals surface area contributed by atoms with Crippen molar-refractivity contribution in [3.8, 4) is 5.75 Å². The van der Waals surface area contributed by atoms with Gasteiger partial charge in [-0.1, -0.05) is 38.3 Å². The van der Waals surface area contributed by atoms with E-state index in [0.717, 1.165) is 36.8 Å². The topological polar surface area (TPSA) is 21.3 Å². The molecule has 1 N–H and O–H groups in total. The second-order valence-corrected chi connectivity index (χ2v) is 5.27. The van der Waals surface area contributed by atoms with Crippen LogP contribution in [0.3, 0.4) is 0 Å². The molecule has 1 aliphatic rings. The first kappa shape index (κ1) is 13.7. The first-order valence-corrected chi connectivity index (χ1v) is 7.32. The summed E-state index contributed by atoms with van der Waals surface area (Å²) < 4.78 is 5.79. The Morgan fingerprint density at radius 2 is 2.22 bits per heavy atom. The van der Waals surface area contributed by atoms with Gasteiger partial charge < -0.3 is 10.1 Å². The van der Waals surface area contributed by atoms with Crippen molar-refractivity contribution < 1.29 is 4.74 Å². The highest BCUT2D eigenvalue weighted by Crippen LogP contribution is 2.37. The minimum Gasteiger partial charge on any atom is -0.493 e. The molecule has 1 atom stereocenters. The fourth-order valence-electron chi connectivity index (χ4n) is 2.58. The van der Waals surface area contributed by atoms with Crippen LogP contribution in [0.5, 0.6) is 5.75 Å². The van der Waals surface area contributed by atoms with E-state index in [9.17, 15) is 0 Å². The van der Waals surface area contributed by atoms with E-state index in [1.54, 1.807) is 0 Å². The van der Waals surface area contributed by atoms with E-state index < -0.39 is 0 Å². The molecule has 0 amide bonds. The number of halogens is 1. The molecule has 0 radical (unpaired) electrons. The van der Waals surface area contributed by atoms with Gasteiger partial charge in [-0.3, -0.25) is 0 Å². The fourth-order valence-corrected chi connectivity index (χ4v) is 2.83. The van der Waals surface area contributed by atoms with Crippen molar-refractivity contribution in [1.29, 1.82) is 0 Å². The summed E-state index contributed by atoms with van der Waals surface area (Å²) in [7, 11) is 0. The van der Waals surface area contributed by atoms with Gasteiger partial charge in [-0.05, 0) is 30.7 Å². The molecule has 0 saturated heterocycles. The minimum absolute atomic E-state index is 0.362. The first-order chi connectivity index (χ1) is 8.76. The molecule has 1 unspecified atom stereocenters. The Hall–Kier alpha value is -0.730. The lowest BCUT2D eigenvalue weighted by Crippen LogP contribution is -2.21. The summed E-state index contributed by atoms with van der Waals surface area (Å²) in [6.45, 7) is 6.12. The normalized spacial score (nSPS) is 15.3. The zero-order chi connectivity index (χ0) is 13.0. The van der Waals surface area contributed by atoms with Gasteiger partial charge in [0.15, 0.2) is 0 Å². The van der Waals surface area contributed by atoms with Crippen molar-refractivity contribution in [2.45, 2.75) is 45.6 Å². The highest BCUT2D eigenvalue weighted by Gasteiger charge is 2.22. The van der Waals surface area contributed by atoms with Crippen LogP contribution >= 0.6 is 11.6 Å². The Morgan fingerprint density at radius 3 is 2.94 bits per heavy atom. The predicted molar refractivity (Wildman–Crippen MR) is 76.6 cm³/mol. The lowest BCUT2D eigenvalue weighted by Gasteiger charge is -2.21. The molecule has 100 valence electrons. The summed E-state index contributed by atoms with van der Waals surface area (Å²) in [6.07, 6.45) is 4.56. The van der Waals surface area contributed by atoms with E-state index in [2.05, 4.69) is 25.2 Å². The van der Waals surface area contributed by atoms with Gasteiger partial charge in [0.1, 0.15) is 5.75 Å². The number of hydrogen-bond acceptors (Lipinski definition) is 2. The first-order valence-electron chi connectivity index (χ1n) is 6.94. The Balaban J connectivity index is 2.28. The van der Waals surface area contributed by atoms with Crippen molar-refractivity contribution >= 4 is 11.6 Å². The second-order valence-electron chi connectivity index (χ2n) is 4.83. The highest BCUT2D eigenvalue weighted by molar-refractivity contribution is 6.30. The largest absolute Gasteiger partial charge is 0.493 e. The molecular formula is C15H22ClNO. The number of nitrogens with one attached hydrogen (secondary N) is 1. The molecule has 0 aliphatic carbocycles. The molecular weight excluding hydrogens is 246 g/mol. The Labute approximate surface area is 115 Å². The number of unbranched alkanes of at least 4 members (excludes halogenated alkanes) is 1. The fraction of sp³-hybridized carbons (Fsp3) is 0.600. The van der Waals surface area contributed by atoms with Gasteiger partial charge in [0.25, 0.3) is 0 Å². The van der Waals surface area contributed by atoms with Crippen molar-refractivity contribution in [2.24, 2.45) is 0 Å². The van der Waals surface area contributed by atoms with Crippen LogP contribution in [0.2, 0.25) is 5.02 Å². The quantitative estimate of drug-likeness (QED) is 0.837. The van der Waals surface area contributed by atoms with Crippen LogP contribution in [0.1, 0.15) is 50.3 Å². The molecule has 2 rings (SSSR count). The van der Waals surface area contributed by atoms with Crippen LogP contribution in [0, 0.1) is 0 Å². The van der Waals surface area contributed by atoms with E-state index in [1.807, 2.05) is 6.07 Å². The molecule has 1 aromatic rings. The lowest BCUT2D eigenvalue weighted by molar-refractivity contribution is 0.346. The number of fused-ring (bicyclic) bond motifs is 1. The number of hydrogen-bond donors (Lipinski definition) is 1. The maximum absolute atomic E-state index is 6.22. The third kappa shape index (κ3) is 2.99. The average Bonchev–Trinajstić information content (AvgIpc) is 2.81. The van der Waals surface area contributed by atoms with Crippen LogP contribution in [0.15, 0.2) is 12.1 Å². The minimum atomic E-state index is 0.362. The van der Waals surface area contributed by atoms with E-state index in [-0.39, 0.29) is 0 Å². The summed E-state index contributed by atoms with van der Waals surface area (Å²) in [5, 5.41) is 4.38. The number of rotatable bonds is 6. The second kappa shape index (κ2) is 6.44. The van der Waals surface area contributed by atoms with Crippen LogP contribution in [0.25, 0.3) is 0 Å². The molecule has 1 aromatic carbocycles. The molecule has 1 aliphatic heterocycles. The molecule has 3 heteroatoms. The van der Waals surface area contributed by atoms with Gasteiger partial charge in [0.2, 0.25) is 0 Å². The molecule has 0 aromatic heterocycles. The summed E-state index contributed by atoms with van der Waals surface area (Å²) >= 11 is 6.22. The summed E-state index contributed by atoms with van der Waals surface area (Å²) in [6, 6.07) is 4.46. The SMILES string of the molecule is CCCCC(NCC)c1cc(Cl)cc2c1OCC2. The zero-order valence-electron chi connectivity index (χ0n) is 11.3. The molecule has 0 bridgehead atoms. The van der Waals surface area contributed by atoms with Crippen LogP contribution in [-0.4, -0.2) is 13.2 Å². The zero-order valence-corrected chi connectivity index (χ0v) is 12.0. The van der Waals surface area contributed by atoms with Crippen molar-refractivity contribution in [2.75, 3.05) is 13.2 Å². The monoisotopic (exact) mass is 267 g/mol. The molecule has 0 fully saturated rings. The summed E-state index contributed by atoms with van der Waals surface area (Å²) in [5.41, 5.74) is 2.50. The highest BCUT2D eigenvalue weighted by atomic mass is 35.5.